The molecule has 0 aliphatic rings. The number of hydrogen-bond acceptors (Lipinski definition) is 4. The smallest absolute Gasteiger partial charge is 0.188 e. The van der Waals surface area contributed by atoms with Crippen LogP contribution in [0.25, 0.3) is 10.9 Å². The lowest BCUT2D eigenvalue weighted by Gasteiger charge is -2.06. The quantitative estimate of drug-likeness (QED) is 0.678. The van der Waals surface area contributed by atoms with Gasteiger partial charge >= 0.3 is 0 Å². The number of nitrogens with zero attached hydrogens (tertiary/aromatic N) is 2. The molecule has 0 atom stereocenters. The van der Waals surface area contributed by atoms with Gasteiger partial charge in [0, 0.05) is 21.4 Å². The monoisotopic (exact) mass is 383 g/mol. The Morgan fingerprint density at radius 1 is 1.22 bits per heavy atom. The topological polar surface area (TPSA) is 37.8 Å². The molecule has 18 heavy (non-hydrogen) atoms. The summed E-state index contributed by atoms with van der Waals surface area (Å²) in [4.78, 5) is 8.76. The van der Waals surface area contributed by atoms with Crippen LogP contribution in [0.1, 0.15) is 0 Å². The maximum absolute atomic E-state index is 4.44. The predicted molar refractivity (Wildman–Crippen MR) is 82.5 cm³/mol. The van der Waals surface area contributed by atoms with Crippen LogP contribution in [0.4, 0.5) is 10.8 Å². The van der Waals surface area contributed by atoms with E-state index in [9.17, 15) is 0 Å². The molecule has 2 heterocycles. The number of thiazole rings is 1. The molecular formula is C12H7Br2N3S. The van der Waals surface area contributed by atoms with Crippen molar-refractivity contribution in [2.75, 3.05) is 5.32 Å². The first-order valence-electron chi connectivity index (χ1n) is 5.15. The maximum atomic E-state index is 4.44. The van der Waals surface area contributed by atoms with E-state index < -0.39 is 0 Å². The highest BCUT2D eigenvalue weighted by atomic mass is 79.9. The molecule has 0 spiro atoms. The van der Waals surface area contributed by atoms with Crippen molar-refractivity contribution < 1.29 is 0 Å². The summed E-state index contributed by atoms with van der Waals surface area (Å²) in [7, 11) is 0. The molecule has 1 N–H and O–H groups in total. The van der Waals surface area contributed by atoms with E-state index in [1.54, 1.807) is 17.5 Å². The first-order chi connectivity index (χ1) is 8.72. The molecule has 3 nitrogen and oxygen atoms in total. The van der Waals surface area contributed by atoms with Crippen molar-refractivity contribution in [2.24, 2.45) is 0 Å². The molecular weight excluding hydrogens is 378 g/mol. The van der Waals surface area contributed by atoms with Gasteiger partial charge in [0.25, 0.3) is 0 Å². The van der Waals surface area contributed by atoms with E-state index in [0.717, 1.165) is 30.8 Å². The minimum Gasteiger partial charge on any atom is -0.330 e. The molecule has 0 unspecified atom stereocenters. The second-order valence-electron chi connectivity index (χ2n) is 3.63. The Bertz CT molecular complexity index is 711. The molecule has 2 aromatic heterocycles. The van der Waals surface area contributed by atoms with Crippen LogP contribution in [0.2, 0.25) is 0 Å². The first-order valence-corrected chi connectivity index (χ1v) is 7.61. The van der Waals surface area contributed by atoms with Crippen LogP contribution in [0.3, 0.4) is 0 Å². The molecule has 3 aromatic rings. The number of para-hydroxylation sites is 1. The SMILES string of the molecule is Brc1cnc2c(Nc3nc(Br)cs3)cccc2c1. The van der Waals surface area contributed by atoms with E-state index in [0.29, 0.717) is 0 Å². The molecule has 0 fully saturated rings. The summed E-state index contributed by atoms with van der Waals surface area (Å²) in [5, 5.41) is 7.16. The summed E-state index contributed by atoms with van der Waals surface area (Å²) >= 11 is 8.32. The van der Waals surface area contributed by atoms with E-state index in [1.165, 1.54) is 0 Å². The average molecular weight is 385 g/mol. The van der Waals surface area contributed by atoms with E-state index in [1.807, 2.05) is 29.6 Å². The molecule has 1 aromatic carbocycles. The molecule has 0 amide bonds. The van der Waals surface area contributed by atoms with Gasteiger partial charge in [-0.2, -0.15) is 0 Å². The molecule has 90 valence electrons. The second kappa shape index (κ2) is 4.95. The second-order valence-corrected chi connectivity index (χ2v) is 6.22. The Balaban J connectivity index is 2.06. The van der Waals surface area contributed by atoms with Crippen LogP contribution in [-0.2, 0) is 0 Å². The number of benzene rings is 1. The molecule has 0 bridgehead atoms. The van der Waals surface area contributed by atoms with E-state index >= 15 is 0 Å². The predicted octanol–water partition coefficient (Wildman–Crippen LogP) is 4.96. The lowest BCUT2D eigenvalue weighted by atomic mass is 10.2. The Morgan fingerprint density at radius 3 is 2.89 bits per heavy atom. The molecule has 0 radical (unpaired) electrons. The molecule has 0 saturated heterocycles. The van der Waals surface area contributed by atoms with Gasteiger partial charge in [-0.15, -0.1) is 11.3 Å². The van der Waals surface area contributed by atoms with Crippen LogP contribution in [0.15, 0.2) is 44.9 Å². The standard InChI is InChI=1S/C12H7Br2N3S/c13-8-4-7-2-1-3-9(11(7)15-5-8)16-12-17-10(14)6-18-12/h1-6H,(H,16,17). The number of rotatable bonds is 2. The first kappa shape index (κ1) is 12.1. The number of anilines is 2. The number of halogens is 2. The Hall–Kier alpha value is -0.980. The number of nitrogens with one attached hydrogen (secondary N) is 1. The summed E-state index contributed by atoms with van der Waals surface area (Å²) < 4.78 is 1.81. The summed E-state index contributed by atoms with van der Waals surface area (Å²) in [6, 6.07) is 8.08. The van der Waals surface area contributed by atoms with Crippen LogP contribution < -0.4 is 5.32 Å². The van der Waals surface area contributed by atoms with Crippen LogP contribution in [-0.4, -0.2) is 9.97 Å². The van der Waals surface area contributed by atoms with Crippen molar-refractivity contribution >= 4 is 64.9 Å². The van der Waals surface area contributed by atoms with Gasteiger partial charge in [-0.3, -0.25) is 4.98 Å². The van der Waals surface area contributed by atoms with Gasteiger partial charge in [0.1, 0.15) is 4.60 Å². The third-order valence-corrected chi connectivity index (χ3v) is 4.30. The van der Waals surface area contributed by atoms with Crippen LogP contribution >= 0.6 is 43.2 Å². The number of fused-ring (bicyclic) bond motifs is 1. The van der Waals surface area contributed by atoms with Gasteiger partial charge in [0.2, 0.25) is 0 Å². The van der Waals surface area contributed by atoms with Crippen molar-refractivity contribution in [1.29, 1.82) is 0 Å². The van der Waals surface area contributed by atoms with E-state index in [4.69, 9.17) is 0 Å². The highest BCUT2D eigenvalue weighted by Crippen LogP contribution is 2.28. The zero-order chi connectivity index (χ0) is 12.5. The molecule has 0 saturated carbocycles. The number of hydrogen-bond donors (Lipinski definition) is 1. The number of pyridine rings is 1. The summed E-state index contributed by atoms with van der Waals surface area (Å²) in [5.74, 6) is 0. The normalized spacial score (nSPS) is 10.8. The fraction of sp³-hybridized carbons (Fsp3) is 0. The number of aromatic nitrogens is 2. The van der Waals surface area contributed by atoms with Crippen molar-refractivity contribution in [3.8, 4) is 0 Å². The van der Waals surface area contributed by atoms with E-state index in [2.05, 4.69) is 47.1 Å². The minimum atomic E-state index is 0.839. The van der Waals surface area contributed by atoms with Gasteiger partial charge in [-0.1, -0.05) is 12.1 Å². The van der Waals surface area contributed by atoms with Crippen LogP contribution in [0.5, 0.6) is 0 Å². The van der Waals surface area contributed by atoms with Crippen molar-refractivity contribution in [2.45, 2.75) is 0 Å². The van der Waals surface area contributed by atoms with Gasteiger partial charge in [0.05, 0.1) is 11.2 Å². The third kappa shape index (κ3) is 2.41. The fourth-order valence-corrected chi connectivity index (χ4v) is 3.17. The lowest BCUT2D eigenvalue weighted by molar-refractivity contribution is 1.34. The Morgan fingerprint density at radius 2 is 2.11 bits per heavy atom. The maximum Gasteiger partial charge on any atom is 0.188 e. The van der Waals surface area contributed by atoms with Gasteiger partial charge in [-0.25, -0.2) is 4.98 Å². The molecule has 6 heteroatoms. The summed E-state index contributed by atoms with van der Waals surface area (Å²) in [5.41, 5.74) is 1.90. The fourth-order valence-electron chi connectivity index (χ4n) is 1.66. The summed E-state index contributed by atoms with van der Waals surface area (Å²) in [6.07, 6.45) is 1.80. The van der Waals surface area contributed by atoms with Crippen molar-refractivity contribution in [3.63, 3.8) is 0 Å². The van der Waals surface area contributed by atoms with Crippen molar-refractivity contribution in [1.82, 2.24) is 9.97 Å². The molecule has 0 aliphatic carbocycles. The third-order valence-electron chi connectivity index (χ3n) is 2.40. The highest BCUT2D eigenvalue weighted by Gasteiger charge is 2.05. The lowest BCUT2D eigenvalue weighted by Crippen LogP contribution is -1.92. The van der Waals surface area contributed by atoms with E-state index in [-0.39, 0.29) is 0 Å². The zero-order valence-corrected chi connectivity index (χ0v) is 13.0. The zero-order valence-electron chi connectivity index (χ0n) is 9.02. The molecule has 0 aliphatic heterocycles. The van der Waals surface area contributed by atoms with Gasteiger partial charge in [-0.05, 0) is 44.0 Å². The van der Waals surface area contributed by atoms with Crippen molar-refractivity contribution in [3.05, 3.63) is 44.9 Å². The Kier molecular flexibility index (Phi) is 3.32. The largest absolute Gasteiger partial charge is 0.330 e. The van der Waals surface area contributed by atoms with Crippen LogP contribution in [0, 0.1) is 0 Å². The molecule has 3 rings (SSSR count). The highest BCUT2D eigenvalue weighted by molar-refractivity contribution is 9.10. The minimum absolute atomic E-state index is 0.839. The summed E-state index contributed by atoms with van der Waals surface area (Å²) in [6.45, 7) is 0. The average Bonchev–Trinajstić information content (AvgIpc) is 2.75. The van der Waals surface area contributed by atoms with Gasteiger partial charge < -0.3 is 5.32 Å². The Labute approximate surface area is 125 Å². The van der Waals surface area contributed by atoms with Gasteiger partial charge in [0.15, 0.2) is 5.13 Å².